The highest BCUT2D eigenvalue weighted by Gasteiger charge is 1.99. The first-order valence-corrected chi connectivity index (χ1v) is 3.03. The van der Waals surface area contributed by atoms with Crippen LogP contribution in [0.5, 0.6) is 0 Å². The lowest BCUT2D eigenvalue weighted by molar-refractivity contribution is -0.116. The summed E-state index contributed by atoms with van der Waals surface area (Å²) in [5.74, 6) is -1.12. The average molecular weight is 181 g/mol. The van der Waals surface area contributed by atoms with Crippen molar-refractivity contribution in [2.24, 2.45) is 5.73 Å². The van der Waals surface area contributed by atoms with E-state index >= 15 is 0 Å². The molecule has 0 aromatic carbocycles. The number of nitrogens with two attached hydrogens (primary N) is 1. The van der Waals surface area contributed by atoms with E-state index < -0.39 is 21.4 Å². The molecule has 64 valence electrons. The molecule has 0 atom stereocenters. The fraction of sp³-hybridized carbons (Fsp3) is 0.250. The molecule has 11 heavy (non-hydrogen) atoms. The molecule has 0 aliphatic carbocycles. The summed E-state index contributed by atoms with van der Waals surface area (Å²) >= 11 is 0. The third kappa shape index (κ3) is 12.3. The van der Waals surface area contributed by atoms with Gasteiger partial charge in [-0.25, -0.2) is 4.57 Å². The zero-order valence-electron chi connectivity index (χ0n) is 5.56. The number of amides is 1. The highest BCUT2D eigenvalue weighted by Crippen LogP contribution is 2.02. The highest BCUT2D eigenvalue weighted by molar-refractivity contribution is 7.17. The van der Waals surface area contributed by atoms with Gasteiger partial charge in [0.1, 0.15) is 6.79 Å². The van der Waals surface area contributed by atoms with Gasteiger partial charge in [-0.05, 0) is 6.58 Å². The van der Waals surface area contributed by atoms with Gasteiger partial charge in [0.25, 0.3) is 5.91 Å². The van der Waals surface area contributed by atoms with Gasteiger partial charge in [0.05, 0.1) is 0 Å². The Balaban J connectivity index is 0. The molecular weight excluding hydrogens is 173 g/mol. The molecule has 0 saturated carbocycles. The Bertz CT molecular complexity index is 147. The average Bonchev–Trinajstić information content (AvgIpc) is 1.90. The molecule has 0 radical (unpaired) electrons. The molecular formula is C4H8NO5P. The standard InChI is InChI=1S/C3H4NO3P.CH4O2/c1-2(3(4)5)7-8-6;2-1-3/h1H2,(H2,4,5);2-3H,1H2. The van der Waals surface area contributed by atoms with Crippen molar-refractivity contribution in [1.29, 1.82) is 0 Å². The Morgan fingerprint density at radius 1 is 1.64 bits per heavy atom. The first-order valence-electron chi connectivity index (χ1n) is 2.30. The van der Waals surface area contributed by atoms with Gasteiger partial charge in [-0.2, -0.15) is 0 Å². The van der Waals surface area contributed by atoms with E-state index in [-0.39, 0.29) is 5.76 Å². The molecule has 0 saturated heterocycles. The maximum absolute atomic E-state index is 9.94. The van der Waals surface area contributed by atoms with Crippen LogP contribution >= 0.6 is 8.69 Å². The van der Waals surface area contributed by atoms with E-state index in [1.807, 2.05) is 0 Å². The van der Waals surface area contributed by atoms with Gasteiger partial charge in [-0.15, -0.1) is 0 Å². The number of aliphatic hydroxyl groups excluding tert-OH is 1. The summed E-state index contributed by atoms with van der Waals surface area (Å²) in [6.07, 6.45) is 0. The minimum Gasteiger partial charge on any atom is -0.402 e. The molecule has 0 aromatic rings. The third-order valence-electron chi connectivity index (χ3n) is 0.422. The zero-order chi connectivity index (χ0) is 9.28. The summed E-state index contributed by atoms with van der Waals surface area (Å²) in [6.45, 7) is 2.29. The second kappa shape index (κ2) is 9.03. The van der Waals surface area contributed by atoms with Crippen molar-refractivity contribution < 1.29 is 24.1 Å². The number of rotatable bonds is 3. The van der Waals surface area contributed by atoms with Crippen LogP contribution in [-0.2, 0) is 13.9 Å². The van der Waals surface area contributed by atoms with Gasteiger partial charge in [0.2, 0.25) is 0 Å². The lowest BCUT2D eigenvalue weighted by Crippen LogP contribution is -2.12. The molecule has 0 aliphatic rings. The van der Waals surface area contributed by atoms with Crippen molar-refractivity contribution in [3.05, 3.63) is 12.3 Å². The number of primary amides is 1. The van der Waals surface area contributed by atoms with Crippen molar-refractivity contribution in [2.75, 3.05) is 6.79 Å². The Morgan fingerprint density at radius 2 is 2.00 bits per heavy atom. The van der Waals surface area contributed by atoms with Gasteiger partial charge < -0.3 is 20.5 Å². The van der Waals surface area contributed by atoms with Gasteiger partial charge in [0, 0.05) is 0 Å². The smallest absolute Gasteiger partial charge is 0.396 e. The third-order valence-corrected chi connectivity index (χ3v) is 0.717. The molecule has 0 bridgehead atoms. The van der Waals surface area contributed by atoms with Crippen LogP contribution in [0.4, 0.5) is 0 Å². The van der Waals surface area contributed by atoms with Gasteiger partial charge in [0.15, 0.2) is 5.76 Å². The zero-order valence-corrected chi connectivity index (χ0v) is 6.45. The van der Waals surface area contributed by atoms with E-state index in [1.54, 1.807) is 0 Å². The lowest BCUT2D eigenvalue weighted by atomic mass is 10.6. The molecule has 0 heterocycles. The van der Waals surface area contributed by atoms with Crippen molar-refractivity contribution in [1.82, 2.24) is 0 Å². The number of hydrogen-bond donors (Lipinski definition) is 3. The molecule has 4 N–H and O–H groups in total. The van der Waals surface area contributed by atoms with Crippen molar-refractivity contribution in [3.8, 4) is 0 Å². The minimum atomic E-state index is -0.812. The van der Waals surface area contributed by atoms with E-state index in [0.29, 0.717) is 0 Å². The van der Waals surface area contributed by atoms with E-state index in [2.05, 4.69) is 16.8 Å². The summed E-state index contributed by atoms with van der Waals surface area (Å²) in [4.78, 5) is 9.94. The molecule has 0 spiro atoms. The topological polar surface area (TPSA) is 110 Å². The minimum absolute atomic E-state index is 0.304. The van der Waals surface area contributed by atoms with E-state index in [4.69, 9.17) is 10.2 Å². The quantitative estimate of drug-likeness (QED) is 0.227. The van der Waals surface area contributed by atoms with Crippen LogP contribution in [0.1, 0.15) is 0 Å². The first-order chi connectivity index (χ1) is 5.09. The Hall–Kier alpha value is -0.970. The number of carbonyl (C=O) groups is 1. The molecule has 0 fully saturated rings. The van der Waals surface area contributed by atoms with Crippen LogP contribution in [0.3, 0.4) is 0 Å². The Kier molecular flexibility index (Phi) is 10.4. The Labute approximate surface area is 64.6 Å². The van der Waals surface area contributed by atoms with Crippen molar-refractivity contribution in [2.45, 2.75) is 0 Å². The second-order valence-corrected chi connectivity index (χ2v) is 1.43. The van der Waals surface area contributed by atoms with E-state index in [9.17, 15) is 9.36 Å². The summed E-state index contributed by atoms with van der Waals surface area (Å²) < 4.78 is 13.6. The number of carbonyl (C=O) groups excluding carboxylic acids is 1. The maximum Gasteiger partial charge on any atom is 0.396 e. The monoisotopic (exact) mass is 181 g/mol. The normalized spacial score (nSPS) is 7.82. The van der Waals surface area contributed by atoms with Crippen LogP contribution in [0.15, 0.2) is 12.3 Å². The second-order valence-electron chi connectivity index (χ2n) is 1.09. The molecule has 1 amide bonds. The van der Waals surface area contributed by atoms with Gasteiger partial charge >= 0.3 is 8.69 Å². The molecule has 0 rings (SSSR count). The Morgan fingerprint density at radius 3 is 2.09 bits per heavy atom. The van der Waals surface area contributed by atoms with E-state index in [0.717, 1.165) is 0 Å². The summed E-state index contributed by atoms with van der Waals surface area (Å²) in [5.41, 5.74) is 4.62. The van der Waals surface area contributed by atoms with Crippen LogP contribution in [0.2, 0.25) is 0 Å². The van der Waals surface area contributed by atoms with Gasteiger partial charge in [-0.1, -0.05) is 0 Å². The largest absolute Gasteiger partial charge is 0.402 e. The fourth-order valence-corrected chi connectivity index (χ4v) is 0.270. The molecule has 0 aromatic heterocycles. The van der Waals surface area contributed by atoms with Crippen molar-refractivity contribution >= 4 is 14.6 Å². The van der Waals surface area contributed by atoms with Crippen LogP contribution in [0, 0.1) is 0 Å². The molecule has 7 heteroatoms. The van der Waals surface area contributed by atoms with E-state index in [1.165, 1.54) is 0 Å². The van der Waals surface area contributed by atoms with Crippen LogP contribution in [-0.4, -0.2) is 22.9 Å². The fourth-order valence-electron chi connectivity index (χ4n) is 0.0900. The lowest BCUT2D eigenvalue weighted by Gasteiger charge is -1.90. The SMILES string of the molecule is C=C(OP=O)C(N)=O.OCO. The van der Waals surface area contributed by atoms with Crippen LogP contribution < -0.4 is 5.73 Å². The summed E-state index contributed by atoms with van der Waals surface area (Å²) in [5, 5.41) is 14.2. The first kappa shape index (κ1) is 12.7. The number of hydrogen-bond acceptors (Lipinski definition) is 5. The molecule has 0 unspecified atom stereocenters. The number of aliphatic hydroxyl groups is 2. The van der Waals surface area contributed by atoms with Gasteiger partial charge in [-0.3, -0.25) is 4.79 Å². The molecule has 6 nitrogen and oxygen atoms in total. The van der Waals surface area contributed by atoms with Crippen LogP contribution in [0.25, 0.3) is 0 Å². The van der Waals surface area contributed by atoms with Crippen molar-refractivity contribution in [3.63, 3.8) is 0 Å². The predicted molar refractivity (Wildman–Crippen MR) is 36.3 cm³/mol. The molecule has 0 aliphatic heterocycles. The maximum atomic E-state index is 9.94. The summed E-state index contributed by atoms with van der Waals surface area (Å²) in [6, 6.07) is 0. The predicted octanol–water partition coefficient (Wildman–Crippen LogP) is -0.863. The summed E-state index contributed by atoms with van der Waals surface area (Å²) in [7, 11) is -0.616. The highest BCUT2D eigenvalue weighted by atomic mass is 31.1.